The van der Waals surface area contributed by atoms with Crippen molar-refractivity contribution in [2.75, 3.05) is 19.9 Å². The number of fused-ring (bicyclic) bond motifs is 1. The molecule has 0 unspecified atom stereocenters. The minimum atomic E-state index is -3.55. The molecule has 26 heavy (non-hydrogen) atoms. The highest BCUT2D eigenvalue weighted by atomic mass is 32.2. The quantitative estimate of drug-likeness (QED) is 0.821. The molecule has 2 aliphatic rings. The third-order valence-corrected chi connectivity index (χ3v) is 6.90. The zero-order valence-electron chi connectivity index (χ0n) is 14.2. The lowest BCUT2D eigenvalue weighted by Gasteiger charge is -2.31. The van der Waals surface area contributed by atoms with Crippen molar-refractivity contribution in [3.63, 3.8) is 0 Å². The first kappa shape index (κ1) is 17.3. The maximum absolute atomic E-state index is 13.0. The molecule has 0 atom stereocenters. The number of benzene rings is 2. The maximum Gasteiger partial charge on any atom is 0.243 e. The summed E-state index contributed by atoms with van der Waals surface area (Å²) in [5.74, 6) is 1.54. The van der Waals surface area contributed by atoms with Gasteiger partial charge >= 0.3 is 0 Å². The molecular formula is C19H20FNO4S. The molecule has 0 radical (unpaired) electrons. The van der Waals surface area contributed by atoms with Gasteiger partial charge in [-0.2, -0.15) is 4.31 Å². The van der Waals surface area contributed by atoms with Crippen LogP contribution < -0.4 is 9.47 Å². The number of hydrogen-bond acceptors (Lipinski definition) is 4. The molecule has 0 bridgehead atoms. The molecule has 2 aromatic rings. The summed E-state index contributed by atoms with van der Waals surface area (Å²) in [6.45, 7) is 1.22. The van der Waals surface area contributed by atoms with Crippen LogP contribution >= 0.6 is 0 Å². The van der Waals surface area contributed by atoms with Crippen LogP contribution in [0.15, 0.2) is 47.4 Å². The Bertz CT molecular complexity index is 890. The minimum absolute atomic E-state index is 0.146. The van der Waals surface area contributed by atoms with E-state index in [1.807, 2.05) is 18.2 Å². The van der Waals surface area contributed by atoms with Crippen molar-refractivity contribution >= 4 is 10.0 Å². The molecule has 2 aliphatic heterocycles. The van der Waals surface area contributed by atoms with E-state index in [1.54, 1.807) is 0 Å². The smallest absolute Gasteiger partial charge is 0.243 e. The van der Waals surface area contributed by atoms with Gasteiger partial charge in [-0.15, -0.1) is 0 Å². The molecule has 0 N–H and O–H groups in total. The number of nitrogens with zero attached hydrogens (tertiary/aromatic N) is 1. The van der Waals surface area contributed by atoms with Gasteiger partial charge in [-0.05, 0) is 67.1 Å². The highest BCUT2D eigenvalue weighted by Crippen LogP contribution is 2.34. The van der Waals surface area contributed by atoms with Crippen molar-refractivity contribution in [3.05, 3.63) is 53.8 Å². The Kier molecular flexibility index (Phi) is 4.58. The van der Waals surface area contributed by atoms with Gasteiger partial charge < -0.3 is 9.47 Å². The average molecular weight is 377 g/mol. The van der Waals surface area contributed by atoms with Gasteiger partial charge in [0.2, 0.25) is 16.8 Å². The minimum Gasteiger partial charge on any atom is -0.454 e. The van der Waals surface area contributed by atoms with Crippen LogP contribution in [0.2, 0.25) is 0 Å². The lowest BCUT2D eigenvalue weighted by molar-refractivity contribution is 0.174. The molecule has 138 valence electrons. The summed E-state index contributed by atoms with van der Waals surface area (Å²) in [5.41, 5.74) is 1.18. The summed E-state index contributed by atoms with van der Waals surface area (Å²) in [5, 5.41) is 0. The summed E-state index contributed by atoms with van der Waals surface area (Å²) in [6, 6.07) is 11.0. The Morgan fingerprint density at radius 2 is 1.69 bits per heavy atom. The van der Waals surface area contributed by atoms with Crippen molar-refractivity contribution < 1.29 is 22.3 Å². The van der Waals surface area contributed by atoms with E-state index < -0.39 is 15.8 Å². The first-order valence-corrected chi connectivity index (χ1v) is 10.1. The van der Waals surface area contributed by atoms with Gasteiger partial charge in [0, 0.05) is 13.1 Å². The fraction of sp³-hybridized carbons (Fsp3) is 0.368. The van der Waals surface area contributed by atoms with Gasteiger partial charge in [0.1, 0.15) is 5.82 Å². The Morgan fingerprint density at radius 1 is 1.00 bits per heavy atom. The van der Waals surface area contributed by atoms with Crippen LogP contribution in [-0.4, -0.2) is 32.6 Å². The summed E-state index contributed by atoms with van der Waals surface area (Å²) >= 11 is 0. The van der Waals surface area contributed by atoms with Crippen molar-refractivity contribution in [1.82, 2.24) is 4.31 Å². The second kappa shape index (κ2) is 6.89. The predicted molar refractivity (Wildman–Crippen MR) is 94.2 cm³/mol. The summed E-state index contributed by atoms with van der Waals surface area (Å²) in [4.78, 5) is 0.146. The Balaban J connectivity index is 1.38. The standard InChI is InChI=1S/C19H20FNO4S/c20-16-2-4-17(5-3-16)26(22,23)21-9-7-14(8-10-21)11-15-1-6-18-19(12-15)25-13-24-18/h1-6,12,14H,7-11,13H2. The van der Waals surface area contributed by atoms with E-state index in [1.165, 1.54) is 34.1 Å². The molecule has 0 aliphatic carbocycles. The maximum atomic E-state index is 13.0. The van der Waals surface area contributed by atoms with Crippen LogP contribution in [0.3, 0.4) is 0 Å². The zero-order chi connectivity index (χ0) is 18.1. The van der Waals surface area contributed by atoms with E-state index in [-0.39, 0.29) is 11.7 Å². The molecule has 7 heteroatoms. The van der Waals surface area contributed by atoms with Gasteiger partial charge in [0.25, 0.3) is 0 Å². The Labute approximate surface area is 152 Å². The molecule has 1 fully saturated rings. The predicted octanol–water partition coefficient (Wildman–Crippen LogP) is 3.20. The topological polar surface area (TPSA) is 55.8 Å². The SMILES string of the molecule is O=S(=O)(c1ccc(F)cc1)N1CCC(Cc2ccc3c(c2)OCO3)CC1. The Morgan fingerprint density at radius 3 is 2.42 bits per heavy atom. The number of sulfonamides is 1. The molecule has 2 aromatic carbocycles. The average Bonchev–Trinajstić information content (AvgIpc) is 3.10. The van der Waals surface area contributed by atoms with E-state index >= 15 is 0 Å². The molecule has 5 nitrogen and oxygen atoms in total. The zero-order valence-corrected chi connectivity index (χ0v) is 15.0. The van der Waals surface area contributed by atoms with Crippen LogP contribution in [0.25, 0.3) is 0 Å². The van der Waals surface area contributed by atoms with Gasteiger partial charge in [-0.1, -0.05) is 6.07 Å². The Hall–Kier alpha value is -2.12. The lowest BCUT2D eigenvalue weighted by Crippen LogP contribution is -2.38. The van der Waals surface area contributed by atoms with Crippen LogP contribution in [0.1, 0.15) is 18.4 Å². The number of hydrogen-bond donors (Lipinski definition) is 0. The van der Waals surface area contributed by atoms with Gasteiger partial charge in [-0.25, -0.2) is 12.8 Å². The van der Waals surface area contributed by atoms with Crippen molar-refractivity contribution in [1.29, 1.82) is 0 Å². The van der Waals surface area contributed by atoms with Crippen molar-refractivity contribution in [3.8, 4) is 11.5 Å². The lowest BCUT2D eigenvalue weighted by atomic mass is 9.91. The van der Waals surface area contributed by atoms with Crippen LogP contribution in [0.4, 0.5) is 4.39 Å². The molecule has 0 amide bonds. The number of piperidine rings is 1. The monoisotopic (exact) mass is 377 g/mol. The highest BCUT2D eigenvalue weighted by Gasteiger charge is 2.29. The molecule has 0 saturated carbocycles. The fourth-order valence-corrected chi connectivity index (χ4v) is 4.98. The van der Waals surface area contributed by atoms with Crippen LogP contribution in [0.5, 0.6) is 11.5 Å². The van der Waals surface area contributed by atoms with Crippen molar-refractivity contribution in [2.45, 2.75) is 24.2 Å². The molecular weight excluding hydrogens is 357 g/mol. The van der Waals surface area contributed by atoms with Crippen LogP contribution in [-0.2, 0) is 16.4 Å². The molecule has 4 rings (SSSR count). The second-order valence-corrected chi connectivity index (χ2v) is 8.63. The molecule has 0 aromatic heterocycles. The van der Waals surface area contributed by atoms with E-state index in [2.05, 4.69) is 0 Å². The van der Waals surface area contributed by atoms with E-state index in [0.29, 0.717) is 19.0 Å². The van der Waals surface area contributed by atoms with E-state index in [0.717, 1.165) is 30.8 Å². The van der Waals surface area contributed by atoms with Gasteiger partial charge in [-0.3, -0.25) is 0 Å². The third kappa shape index (κ3) is 3.41. The van der Waals surface area contributed by atoms with Gasteiger partial charge in [0.15, 0.2) is 11.5 Å². The molecule has 0 spiro atoms. The van der Waals surface area contributed by atoms with E-state index in [4.69, 9.17) is 9.47 Å². The van der Waals surface area contributed by atoms with Crippen molar-refractivity contribution in [2.24, 2.45) is 5.92 Å². The second-order valence-electron chi connectivity index (χ2n) is 6.69. The van der Waals surface area contributed by atoms with Gasteiger partial charge in [0.05, 0.1) is 4.90 Å². The number of rotatable bonds is 4. The largest absolute Gasteiger partial charge is 0.454 e. The third-order valence-electron chi connectivity index (χ3n) is 4.99. The van der Waals surface area contributed by atoms with E-state index in [9.17, 15) is 12.8 Å². The summed E-state index contributed by atoms with van der Waals surface area (Å²) < 4.78 is 50.6. The first-order chi connectivity index (χ1) is 12.5. The number of ether oxygens (including phenoxy) is 2. The number of halogens is 1. The normalized spacial score (nSPS) is 18.2. The first-order valence-electron chi connectivity index (χ1n) is 8.66. The fourth-order valence-electron chi connectivity index (χ4n) is 3.51. The summed E-state index contributed by atoms with van der Waals surface area (Å²) in [7, 11) is -3.55. The molecule has 1 saturated heterocycles. The molecule has 2 heterocycles. The summed E-state index contributed by atoms with van der Waals surface area (Å²) in [6.07, 6.45) is 2.49. The van der Waals surface area contributed by atoms with Crippen LogP contribution in [0, 0.1) is 11.7 Å². The highest BCUT2D eigenvalue weighted by molar-refractivity contribution is 7.89.